The third-order valence-electron chi connectivity index (χ3n) is 2.13. The monoisotopic (exact) mass is 187 g/mol. The van der Waals surface area contributed by atoms with E-state index in [1.807, 2.05) is 0 Å². The predicted molar refractivity (Wildman–Crippen MR) is 48.2 cm³/mol. The lowest BCUT2D eigenvalue weighted by atomic mass is 10.0. The molecule has 0 aromatic heterocycles. The molecule has 68 valence electrons. The van der Waals surface area contributed by atoms with Crippen molar-refractivity contribution in [3.05, 3.63) is 0 Å². The highest BCUT2D eigenvalue weighted by Gasteiger charge is 2.28. The zero-order chi connectivity index (χ0) is 9.19. The van der Waals surface area contributed by atoms with Crippen molar-refractivity contribution in [2.24, 2.45) is 11.7 Å². The van der Waals surface area contributed by atoms with Gasteiger partial charge in [-0.3, -0.25) is 0 Å². The average Bonchev–Trinajstić information content (AvgIpc) is 2.30. The third kappa shape index (κ3) is 2.50. The Morgan fingerprint density at radius 3 is 2.75 bits per heavy atom. The first-order valence-electron chi connectivity index (χ1n) is 3.95. The van der Waals surface area contributed by atoms with Crippen LogP contribution in [0, 0.1) is 18.3 Å². The van der Waals surface area contributed by atoms with E-state index in [1.54, 1.807) is 0 Å². The molecule has 1 fully saturated rings. The van der Waals surface area contributed by atoms with Crippen LogP contribution in [0.15, 0.2) is 0 Å². The van der Waals surface area contributed by atoms with Crippen LogP contribution in [0.4, 0.5) is 0 Å². The maximum absolute atomic E-state index is 11.0. The van der Waals surface area contributed by atoms with Crippen LogP contribution < -0.4 is 5.73 Å². The van der Waals surface area contributed by atoms with Crippen molar-refractivity contribution in [2.75, 3.05) is 11.5 Å². The molecule has 1 heterocycles. The van der Waals surface area contributed by atoms with E-state index in [0.717, 1.165) is 6.42 Å². The van der Waals surface area contributed by atoms with Crippen LogP contribution in [0.1, 0.15) is 12.8 Å². The van der Waals surface area contributed by atoms with Crippen LogP contribution >= 0.6 is 0 Å². The summed E-state index contributed by atoms with van der Waals surface area (Å²) in [5.41, 5.74) is 5.51. The number of rotatable bonds is 2. The van der Waals surface area contributed by atoms with E-state index in [0.29, 0.717) is 12.2 Å². The summed E-state index contributed by atoms with van der Waals surface area (Å²) in [6, 6.07) is -0.289. The highest BCUT2D eigenvalue weighted by molar-refractivity contribution is 7.91. The summed E-state index contributed by atoms with van der Waals surface area (Å²) in [6.07, 6.45) is 6.45. The zero-order valence-electron chi connectivity index (χ0n) is 6.86. The van der Waals surface area contributed by atoms with Gasteiger partial charge in [-0.2, -0.15) is 0 Å². The van der Waals surface area contributed by atoms with Gasteiger partial charge in [-0.25, -0.2) is 8.42 Å². The highest BCUT2D eigenvalue weighted by atomic mass is 32.2. The van der Waals surface area contributed by atoms with Crippen LogP contribution in [0.3, 0.4) is 0 Å². The summed E-state index contributed by atoms with van der Waals surface area (Å²) in [6.45, 7) is 0. The molecule has 2 unspecified atom stereocenters. The van der Waals surface area contributed by atoms with Crippen molar-refractivity contribution < 1.29 is 8.42 Å². The number of hydrogen-bond donors (Lipinski definition) is 1. The second kappa shape index (κ2) is 3.46. The Kier molecular flexibility index (Phi) is 2.76. The minimum Gasteiger partial charge on any atom is -0.318 e. The molecular formula is C8H13NO2S. The fourth-order valence-corrected chi connectivity index (χ4v) is 3.37. The predicted octanol–water partition coefficient (Wildman–Crippen LogP) is -0.228. The first-order chi connectivity index (χ1) is 5.53. The summed E-state index contributed by atoms with van der Waals surface area (Å²) in [4.78, 5) is 0. The third-order valence-corrected chi connectivity index (χ3v) is 3.97. The van der Waals surface area contributed by atoms with Crippen molar-refractivity contribution in [3.63, 3.8) is 0 Å². The Balaban J connectivity index is 2.45. The van der Waals surface area contributed by atoms with Gasteiger partial charge in [-0.15, -0.1) is 6.42 Å². The van der Waals surface area contributed by atoms with Gasteiger partial charge < -0.3 is 5.73 Å². The molecule has 0 amide bonds. The lowest BCUT2D eigenvalue weighted by molar-refractivity contribution is 0.518. The van der Waals surface area contributed by atoms with Crippen LogP contribution in [0.2, 0.25) is 0 Å². The Morgan fingerprint density at radius 2 is 2.33 bits per heavy atom. The summed E-state index contributed by atoms with van der Waals surface area (Å²) in [5.74, 6) is 3.15. The van der Waals surface area contributed by atoms with E-state index in [9.17, 15) is 8.42 Å². The molecule has 1 rings (SSSR count). The Morgan fingerprint density at radius 1 is 1.67 bits per heavy atom. The van der Waals surface area contributed by atoms with Crippen LogP contribution in [0.25, 0.3) is 0 Å². The molecule has 0 bridgehead atoms. The van der Waals surface area contributed by atoms with Gasteiger partial charge in [0.25, 0.3) is 0 Å². The molecule has 2 atom stereocenters. The Bertz CT molecular complexity index is 289. The second-order valence-electron chi connectivity index (χ2n) is 3.28. The maximum atomic E-state index is 11.0. The first-order valence-corrected chi connectivity index (χ1v) is 5.78. The number of terminal acetylenes is 1. The van der Waals surface area contributed by atoms with Crippen molar-refractivity contribution in [1.82, 2.24) is 0 Å². The molecule has 1 aliphatic rings. The molecule has 0 aromatic carbocycles. The molecular weight excluding hydrogens is 174 g/mol. The molecule has 0 saturated carbocycles. The van der Waals surface area contributed by atoms with Crippen molar-refractivity contribution >= 4 is 9.84 Å². The van der Waals surface area contributed by atoms with Gasteiger partial charge >= 0.3 is 0 Å². The fourth-order valence-electron chi connectivity index (χ4n) is 1.49. The highest BCUT2D eigenvalue weighted by Crippen LogP contribution is 2.22. The van der Waals surface area contributed by atoms with Gasteiger partial charge in [0, 0.05) is 0 Å². The minimum atomic E-state index is -2.77. The molecule has 0 radical (unpaired) electrons. The molecule has 1 saturated heterocycles. The van der Waals surface area contributed by atoms with E-state index < -0.39 is 9.84 Å². The lowest BCUT2D eigenvalue weighted by Crippen LogP contribution is -2.22. The maximum Gasteiger partial charge on any atom is 0.150 e. The quantitative estimate of drug-likeness (QED) is 0.608. The molecule has 0 aromatic rings. The van der Waals surface area contributed by atoms with Gasteiger partial charge in [0.15, 0.2) is 9.84 Å². The van der Waals surface area contributed by atoms with E-state index in [-0.39, 0.29) is 17.7 Å². The standard InChI is InChI=1S/C8H13NO2S/c1-2-8(9)5-7-3-4-12(10,11)6-7/h1,7-8H,3-6,9H2. The Labute approximate surface area is 73.3 Å². The molecule has 4 heteroatoms. The molecule has 2 N–H and O–H groups in total. The van der Waals surface area contributed by atoms with E-state index >= 15 is 0 Å². The van der Waals surface area contributed by atoms with Crippen molar-refractivity contribution in [2.45, 2.75) is 18.9 Å². The van der Waals surface area contributed by atoms with Crippen LogP contribution in [-0.4, -0.2) is 26.0 Å². The van der Waals surface area contributed by atoms with Gasteiger partial charge in [-0.1, -0.05) is 5.92 Å². The van der Waals surface area contributed by atoms with Crippen LogP contribution in [0.5, 0.6) is 0 Å². The van der Waals surface area contributed by atoms with Crippen LogP contribution in [-0.2, 0) is 9.84 Å². The van der Waals surface area contributed by atoms with Gasteiger partial charge in [-0.05, 0) is 18.8 Å². The van der Waals surface area contributed by atoms with Gasteiger partial charge in [0.1, 0.15) is 0 Å². The lowest BCUT2D eigenvalue weighted by Gasteiger charge is -2.08. The van der Waals surface area contributed by atoms with E-state index in [1.165, 1.54) is 0 Å². The van der Waals surface area contributed by atoms with Crippen molar-refractivity contribution in [3.8, 4) is 12.3 Å². The van der Waals surface area contributed by atoms with E-state index in [4.69, 9.17) is 12.2 Å². The SMILES string of the molecule is C#CC(N)CC1CCS(=O)(=O)C1. The number of hydrogen-bond acceptors (Lipinski definition) is 3. The molecule has 12 heavy (non-hydrogen) atoms. The Hall–Kier alpha value is -0.530. The number of sulfone groups is 1. The zero-order valence-corrected chi connectivity index (χ0v) is 7.68. The molecule has 0 aliphatic carbocycles. The summed E-state index contributed by atoms with van der Waals surface area (Å²) in [5, 5.41) is 0. The minimum absolute atomic E-state index is 0.182. The smallest absolute Gasteiger partial charge is 0.150 e. The van der Waals surface area contributed by atoms with E-state index in [2.05, 4.69) is 5.92 Å². The summed E-state index contributed by atoms with van der Waals surface area (Å²) >= 11 is 0. The van der Waals surface area contributed by atoms with Gasteiger partial charge in [0.2, 0.25) is 0 Å². The first kappa shape index (κ1) is 9.56. The fraction of sp³-hybridized carbons (Fsp3) is 0.750. The molecule has 1 aliphatic heterocycles. The summed E-state index contributed by atoms with van der Waals surface area (Å²) in [7, 11) is -2.77. The molecule has 3 nitrogen and oxygen atoms in total. The normalized spacial score (nSPS) is 29.5. The van der Waals surface area contributed by atoms with Crippen molar-refractivity contribution in [1.29, 1.82) is 0 Å². The van der Waals surface area contributed by atoms with Gasteiger partial charge in [0.05, 0.1) is 17.5 Å². The number of nitrogens with two attached hydrogens (primary N) is 1. The topological polar surface area (TPSA) is 60.2 Å². The summed E-state index contributed by atoms with van der Waals surface area (Å²) < 4.78 is 22.0. The molecule has 0 spiro atoms. The largest absolute Gasteiger partial charge is 0.318 e. The average molecular weight is 187 g/mol. The second-order valence-corrected chi connectivity index (χ2v) is 5.51.